The number of nitrogens with two attached hydrogens (primary N) is 1. The first-order chi connectivity index (χ1) is 27.5. The molecular weight excluding hydrogens is 745 g/mol. The Labute approximate surface area is 344 Å². The summed E-state index contributed by atoms with van der Waals surface area (Å²) in [6.07, 6.45) is 30.1. The number of phosphoric acid groups is 1. The lowest BCUT2D eigenvalue weighted by Crippen LogP contribution is -2.29. The van der Waals surface area contributed by atoms with Gasteiger partial charge < -0.3 is 24.5 Å². The van der Waals surface area contributed by atoms with Crippen molar-refractivity contribution in [3.8, 4) is 0 Å². The quantitative estimate of drug-likeness (QED) is 0.0214. The van der Waals surface area contributed by atoms with Gasteiger partial charge >= 0.3 is 19.8 Å². The lowest BCUT2D eigenvalue weighted by Gasteiger charge is -2.19. The zero-order valence-electron chi connectivity index (χ0n) is 36.0. The number of phosphoric ester groups is 1. The van der Waals surface area contributed by atoms with E-state index in [-0.39, 0.29) is 38.4 Å². The summed E-state index contributed by atoms with van der Waals surface area (Å²) in [5, 5.41) is 0. The van der Waals surface area contributed by atoms with Gasteiger partial charge in [-0.25, -0.2) is 4.57 Å². The van der Waals surface area contributed by atoms with Gasteiger partial charge in [0.2, 0.25) is 0 Å². The zero-order valence-corrected chi connectivity index (χ0v) is 36.9. The number of esters is 2. The van der Waals surface area contributed by atoms with Crippen LogP contribution in [0.3, 0.4) is 0 Å². The van der Waals surface area contributed by atoms with Crippen LogP contribution in [0.1, 0.15) is 184 Å². The Balaban J connectivity index is 2.28. The van der Waals surface area contributed by atoms with Crippen LogP contribution in [0.5, 0.6) is 0 Å². The van der Waals surface area contributed by atoms with E-state index < -0.39 is 32.5 Å². The number of carbonyl (C=O) groups excluding carboxylic acids is 3. The lowest BCUT2D eigenvalue weighted by molar-refractivity contribution is -0.161. The van der Waals surface area contributed by atoms with Gasteiger partial charge in [-0.3, -0.25) is 23.4 Å². The highest BCUT2D eigenvalue weighted by Crippen LogP contribution is 2.43. The first kappa shape index (κ1) is 52.5. The summed E-state index contributed by atoms with van der Waals surface area (Å²) in [5.41, 5.74) is 7.99. The third-order valence-corrected chi connectivity index (χ3v) is 11.0. The SMILES string of the molecule is CCCCCC(=O)/C=C/C=C\CCCCCCCC(=O)OC[C@H](COP(=O)(O)OCCN)OC(=O)CCCCCCCCCCc1oc(CCCCC)c(C)c1C. The molecule has 0 radical (unpaired) electrons. The predicted molar refractivity (Wildman–Crippen MR) is 228 cm³/mol. The van der Waals surface area contributed by atoms with E-state index in [0.717, 1.165) is 102 Å². The highest BCUT2D eigenvalue weighted by atomic mass is 31.2. The molecular formula is C45H78NO10P. The summed E-state index contributed by atoms with van der Waals surface area (Å²) >= 11 is 0. The molecule has 1 rings (SSSR count). The van der Waals surface area contributed by atoms with Crippen molar-refractivity contribution in [3.05, 3.63) is 47.0 Å². The molecule has 0 saturated heterocycles. The van der Waals surface area contributed by atoms with Gasteiger partial charge in [-0.05, 0) is 76.0 Å². The zero-order chi connectivity index (χ0) is 42.0. The summed E-state index contributed by atoms with van der Waals surface area (Å²) in [7, 11) is -4.41. The molecule has 0 aliphatic carbocycles. The van der Waals surface area contributed by atoms with Gasteiger partial charge in [-0.2, -0.15) is 0 Å². The van der Waals surface area contributed by atoms with Gasteiger partial charge in [-0.1, -0.05) is 116 Å². The van der Waals surface area contributed by atoms with Crippen molar-refractivity contribution in [1.82, 2.24) is 0 Å². The minimum atomic E-state index is -4.41. The van der Waals surface area contributed by atoms with Gasteiger partial charge in [0.1, 0.15) is 18.1 Å². The molecule has 0 aromatic carbocycles. The van der Waals surface area contributed by atoms with Crippen LogP contribution >= 0.6 is 7.82 Å². The van der Waals surface area contributed by atoms with Gasteiger partial charge in [0.15, 0.2) is 11.9 Å². The molecule has 3 N–H and O–H groups in total. The van der Waals surface area contributed by atoms with Crippen LogP contribution < -0.4 is 5.73 Å². The van der Waals surface area contributed by atoms with E-state index in [9.17, 15) is 23.8 Å². The molecule has 2 atom stereocenters. The minimum absolute atomic E-state index is 0.0340. The molecule has 12 heteroatoms. The number of carbonyl (C=O) groups is 3. The van der Waals surface area contributed by atoms with E-state index in [1.165, 1.54) is 49.0 Å². The molecule has 328 valence electrons. The Kier molecular flexibility index (Phi) is 31.6. The van der Waals surface area contributed by atoms with E-state index in [1.54, 1.807) is 6.08 Å². The van der Waals surface area contributed by atoms with Crippen molar-refractivity contribution < 1.29 is 46.8 Å². The Morgan fingerprint density at radius 1 is 0.684 bits per heavy atom. The highest BCUT2D eigenvalue weighted by molar-refractivity contribution is 7.47. The number of ketones is 1. The maximum absolute atomic E-state index is 12.6. The van der Waals surface area contributed by atoms with Crippen molar-refractivity contribution in [2.45, 2.75) is 194 Å². The first-order valence-corrected chi connectivity index (χ1v) is 23.6. The number of furan rings is 1. The average Bonchev–Trinajstić information content (AvgIpc) is 3.45. The summed E-state index contributed by atoms with van der Waals surface area (Å²) < 4.78 is 39.0. The van der Waals surface area contributed by atoms with Crippen molar-refractivity contribution in [3.63, 3.8) is 0 Å². The molecule has 1 heterocycles. The fraction of sp³-hybridized carbons (Fsp3) is 0.756. The number of allylic oxidation sites excluding steroid dienone is 4. The van der Waals surface area contributed by atoms with E-state index in [1.807, 2.05) is 12.2 Å². The molecule has 1 unspecified atom stereocenters. The third-order valence-electron chi connectivity index (χ3n) is 10.0. The smallest absolute Gasteiger partial charge is 0.466 e. The average molecular weight is 824 g/mol. The second kappa shape index (κ2) is 34.3. The molecule has 57 heavy (non-hydrogen) atoms. The van der Waals surface area contributed by atoms with Crippen molar-refractivity contribution in [2.24, 2.45) is 5.73 Å². The second-order valence-electron chi connectivity index (χ2n) is 15.2. The lowest BCUT2D eigenvalue weighted by atomic mass is 10.0. The topological polar surface area (TPSA) is 165 Å². The monoisotopic (exact) mass is 824 g/mol. The predicted octanol–water partition coefficient (Wildman–Crippen LogP) is 11.2. The van der Waals surface area contributed by atoms with Crippen LogP contribution in [0.4, 0.5) is 0 Å². The third kappa shape index (κ3) is 28.5. The molecule has 0 spiro atoms. The Morgan fingerprint density at radius 3 is 1.82 bits per heavy atom. The van der Waals surface area contributed by atoms with Gasteiger partial charge in [-0.15, -0.1) is 0 Å². The Bertz CT molecular complexity index is 1320. The molecule has 0 aliphatic heterocycles. The van der Waals surface area contributed by atoms with Crippen molar-refractivity contribution >= 4 is 25.5 Å². The normalized spacial score (nSPS) is 13.4. The summed E-state index contributed by atoms with van der Waals surface area (Å²) in [4.78, 5) is 46.7. The molecule has 0 aliphatic rings. The van der Waals surface area contributed by atoms with Crippen molar-refractivity contribution in [2.75, 3.05) is 26.4 Å². The summed E-state index contributed by atoms with van der Waals surface area (Å²) in [6, 6.07) is 0. The van der Waals surface area contributed by atoms with E-state index >= 15 is 0 Å². The van der Waals surface area contributed by atoms with Crippen LogP contribution in [0.25, 0.3) is 0 Å². The van der Waals surface area contributed by atoms with Gasteiger partial charge in [0.05, 0.1) is 13.2 Å². The summed E-state index contributed by atoms with van der Waals surface area (Å²) in [6.45, 7) is 7.81. The van der Waals surface area contributed by atoms with Crippen LogP contribution in [0.2, 0.25) is 0 Å². The van der Waals surface area contributed by atoms with Crippen LogP contribution in [-0.2, 0) is 50.3 Å². The standard InChI is InChI=1S/C45H78NO10P/c1-5-7-22-28-40(47)29-24-18-14-10-9-11-16-20-26-32-44(48)52-36-41(37-54-57(50,51)53-35-34-46)55-45(49)33-27-21-17-13-12-15-19-25-31-43-39(4)38(3)42(56-43)30-23-8-6-2/h14,18,24,29,41H,5-13,15-17,19-23,25-28,30-37,46H2,1-4H3,(H,50,51)/b18-14-,29-24+/t41-/m1/s1. The number of aryl methyl sites for hydroxylation is 2. The highest BCUT2D eigenvalue weighted by Gasteiger charge is 2.26. The molecule has 0 fully saturated rings. The molecule has 0 saturated carbocycles. The number of ether oxygens (including phenoxy) is 2. The number of hydrogen-bond acceptors (Lipinski definition) is 10. The van der Waals surface area contributed by atoms with E-state index in [0.29, 0.717) is 19.3 Å². The van der Waals surface area contributed by atoms with E-state index in [2.05, 4.69) is 33.8 Å². The fourth-order valence-corrected chi connectivity index (χ4v) is 7.15. The molecule has 0 amide bonds. The molecule has 1 aromatic rings. The fourth-order valence-electron chi connectivity index (χ4n) is 6.38. The minimum Gasteiger partial charge on any atom is -0.466 e. The Morgan fingerprint density at radius 2 is 1.21 bits per heavy atom. The van der Waals surface area contributed by atoms with Crippen LogP contribution in [-0.4, -0.2) is 55.1 Å². The van der Waals surface area contributed by atoms with Crippen LogP contribution in [0, 0.1) is 13.8 Å². The molecule has 11 nitrogen and oxygen atoms in total. The Hall–Kier alpha value is -2.56. The second-order valence-corrected chi connectivity index (χ2v) is 16.6. The van der Waals surface area contributed by atoms with E-state index in [4.69, 9.17) is 28.7 Å². The maximum Gasteiger partial charge on any atom is 0.472 e. The number of hydrogen-bond donors (Lipinski definition) is 2. The molecule has 1 aromatic heterocycles. The van der Waals surface area contributed by atoms with Gasteiger partial charge in [0.25, 0.3) is 0 Å². The maximum atomic E-state index is 12.6. The summed E-state index contributed by atoms with van der Waals surface area (Å²) in [5.74, 6) is 1.58. The number of unbranched alkanes of at least 4 members (excludes halogenated alkanes) is 16. The van der Waals surface area contributed by atoms with Gasteiger partial charge in [0, 0.05) is 38.6 Å². The first-order valence-electron chi connectivity index (χ1n) is 22.1. The van der Waals surface area contributed by atoms with Crippen LogP contribution in [0.15, 0.2) is 28.7 Å². The number of rotatable bonds is 38. The largest absolute Gasteiger partial charge is 0.472 e. The van der Waals surface area contributed by atoms with Crippen molar-refractivity contribution in [1.29, 1.82) is 0 Å². The molecule has 0 bridgehead atoms.